The number of carbonyl (C=O) groups excluding carboxylic acids is 1. The highest BCUT2D eigenvalue weighted by molar-refractivity contribution is 6.35. The lowest BCUT2D eigenvalue weighted by Crippen LogP contribution is -2.19. The van der Waals surface area contributed by atoms with E-state index in [1.54, 1.807) is 0 Å². The van der Waals surface area contributed by atoms with E-state index in [9.17, 15) is 14.7 Å². The van der Waals surface area contributed by atoms with Gasteiger partial charge in [-0.05, 0) is 30.3 Å². The third-order valence-corrected chi connectivity index (χ3v) is 3.07. The van der Waals surface area contributed by atoms with Gasteiger partial charge in [0.05, 0.1) is 5.69 Å². The van der Waals surface area contributed by atoms with E-state index in [1.165, 1.54) is 36.4 Å². The van der Waals surface area contributed by atoms with E-state index in [1.807, 2.05) is 0 Å². The van der Waals surface area contributed by atoms with Crippen LogP contribution in [0.25, 0.3) is 0 Å². The van der Waals surface area contributed by atoms with Gasteiger partial charge in [-0.2, -0.15) is 0 Å². The van der Waals surface area contributed by atoms with E-state index in [2.05, 4.69) is 10.6 Å². The molecule has 0 saturated carbocycles. The van der Waals surface area contributed by atoms with E-state index in [-0.39, 0.29) is 11.3 Å². The summed E-state index contributed by atoms with van der Waals surface area (Å²) in [6, 6.07) is 7.78. The number of halogens is 2. The number of carboxylic acids is 1. The quantitative estimate of drug-likeness (QED) is 0.633. The first kappa shape index (κ1) is 15.9. The smallest absolute Gasteiger partial charge is 0.339 e. The Kier molecular flexibility index (Phi) is 4.75. The van der Waals surface area contributed by atoms with Crippen LogP contribution < -0.4 is 10.6 Å². The fourth-order valence-electron chi connectivity index (χ4n) is 1.73. The lowest BCUT2D eigenvalue weighted by molar-refractivity contribution is 0.0694. The molecule has 6 nitrogen and oxygen atoms in total. The Balaban J connectivity index is 2.16. The summed E-state index contributed by atoms with van der Waals surface area (Å²) >= 11 is 11.6. The van der Waals surface area contributed by atoms with Gasteiger partial charge < -0.3 is 20.8 Å². The van der Waals surface area contributed by atoms with Crippen LogP contribution in [0.3, 0.4) is 0 Å². The summed E-state index contributed by atoms with van der Waals surface area (Å²) in [5.74, 6) is -1.84. The molecule has 2 amide bonds. The molecule has 22 heavy (non-hydrogen) atoms. The second-order valence-corrected chi connectivity index (χ2v) is 5.12. The van der Waals surface area contributed by atoms with Gasteiger partial charge in [0.15, 0.2) is 5.75 Å². The largest absolute Gasteiger partial charge is 0.505 e. The van der Waals surface area contributed by atoms with E-state index in [4.69, 9.17) is 28.3 Å². The number of hydrogen-bond acceptors (Lipinski definition) is 3. The zero-order chi connectivity index (χ0) is 16.3. The number of nitrogens with one attached hydrogen (secondary N) is 2. The Morgan fingerprint density at radius 1 is 1.00 bits per heavy atom. The second kappa shape index (κ2) is 6.55. The molecule has 4 N–H and O–H groups in total. The molecule has 0 aliphatic rings. The van der Waals surface area contributed by atoms with Crippen molar-refractivity contribution in [2.24, 2.45) is 0 Å². The van der Waals surface area contributed by atoms with E-state index < -0.39 is 17.7 Å². The number of benzene rings is 2. The van der Waals surface area contributed by atoms with Crippen LogP contribution in [0.15, 0.2) is 36.4 Å². The Labute approximate surface area is 135 Å². The van der Waals surface area contributed by atoms with Gasteiger partial charge in [0.2, 0.25) is 0 Å². The Bertz CT molecular complexity index is 729. The minimum absolute atomic E-state index is 0.0366. The van der Waals surface area contributed by atoms with Crippen LogP contribution in [0.5, 0.6) is 5.75 Å². The molecule has 0 bridgehead atoms. The number of urea groups is 1. The number of carbonyl (C=O) groups is 2. The van der Waals surface area contributed by atoms with Crippen LogP contribution in [-0.4, -0.2) is 22.2 Å². The van der Waals surface area contributed by atoms with E-state index in [0.717, 1.165) is 0 Å². The van der Waals surface area contributed by atoms with Crippen molar-refractivity contribution in [3.05, 3.63) is 52.0 Å². The number of aromatic carboxylic acids is 1. The van der Waals surface area contributed by atoms with Crippen LogP contribution in [-0.2, 0) is 0 Å². The van der Waals surface area contributed by atoms with Crippen LogP contribution in [0, 0.1) is 0 Å². The lowest BCUT2D eigenvalue weighted by Gasteiger charge is -2.10. The number of amides is 2. The fraction of sp³-hybridized carbons (Fsp3) is 0. The summed E-state index contributed by atoms with van der Waals surface area (Å²) in [7, 11) is 0. The van der Waals surface area contributed by atoms with Crippen LogP contribution >= 0.6 is 23.2 Å². The summed E-state index contributed by atoms with van der Waals surface area (Å²) in [6.07, 6.45) is 0. The number of anilines is 2. The third kappa shape index (κ3) is 3.81. The zero-order valence-electron chi connectivity index (χ0n) is 10.9. The maximum Gasteiger partial charge on any atom is 0.339 e. The maximum absolute atomic E-state index is 11.9. The van der Waals surface area contributed by atoms with Gasteiger partial charge in [0, 0.05) is 15.7 Å². The number of phenols is 1. The molecule has 0 spiro atoms. The molecule has 0 saturated heterocycles. The zero-order valence-corrected chi connectivity index (χ0v) is 12.4. The van der Waals surface area contributed by atoms with Crippen molar-refractivity contribution >= 4 is 46.6 Å². The first-order valence-corrected chi connectivity index (χ1v) is 6.72. The van der Waals surface area contributed by atoms with Gasteiger partial charge in [0.1, 0.15) is 5.56 Å². The Morgan fingerprint density at radius 2 is 1.64 bits per heavy atom. The number of hydrogen-bond donors (Lipinski definition) is 4. The summed E-state index contributed by atoms with van der Waals surface area (Å²) in [5.41, 5.74) is -0.00185. The SMILES string of the molecule is O=C(Nc1cc(Cl)cc(Cl)c1)Nc1cccc(C(=O)O)c1O. The summed E-state index contributed by atoms with van der Waals surface area (Å²) in [5, 5.41) is 24.2. The second-order valence-electron chi connectivity index (χ2n) is 4.24. The number of carboxylic acid groups (broad SMARTS) is 1. The molecule has 0 heterocycles. The predicted molar refractivity (Wildman–Crippen MR) is 84.2 cm³/mol. The molecular formula is C14H10Cl2N2O4. The van der Waals surface area contributed by atoms with Crippen LogP contribution in [0.4, 0.5) is 16.2 Å². The lowest BCUT2D eigenvalue weighted by atomic mass is 10.1. The molecule has 114 valence electrons. The van der Waals surface area contributed by atoms with Gasteiger partial charge in [-0.3, -0.25) is 0 Å². The molecule has 0 radical (unpaired) electrons. The molecule has 2 rings (SSSR count). The minimum atomic E-state index is -1.30. The molecule has 8 heteroatoms. The normalized spacial score (nSPS) is 10.1. The highest BCUT2D eigenvalue weighted by Gasteiger charge is 2.14. The van der Waals surface area contributed by atoms with Crippen molar-refractivity contribution in [3.63, 3.8) is 0 Å². The average molecular weight is 341 g/mol. The first-order chi connectivity index (χ1) is 10.4. The Morgan fingerprint density at radius 3 is 2.23 bits per heavy atom. The highest BCUT2D eigenvalue weighted by Crippen LogP contribution is 2.28. The molecule has 0 unspecified atom stereocenters. The van der Waals surface area contributed by atoms with Gasteiger partial charge in [-0.1, -0.05) is 29.3 Å². The van der Waals surface area contributed by atoms with Gasteiger partial charge in [0.25, 0.3) is 0 Å². The molecule has 0 fully saturated rings. The maximum atomic E-state index is 11.9. The molecule has 0 aromatic heterocycles. The fourth-order valence-corrected chi connectivity index (χ4v) is 2.25. The monoisotopic (exact) mass is 340 g/mol. The molecule has 2 aromatic carbocycles. The summed E-state index contributed by atoms with van der Waals surface area (Å²) < 4.78 is 0. The highest BCUT2D eigenvalue weighted by atomic mass is 35.5. The summed E-state index contributed by atoms with van der Waals surface area (Å²) in [4.78, 5) is 22.8. The summed E-state index contributed by atoms with van der Waals surface area (Å²) in [6.45, 7) is 0. The number of para-hydroxylation sites is 1. The van der Waals surface area contributed by atoms with Gasteiger partial charge in [-0.15, -0.1) is 0 Å². The minimum Gasteiger partial charge on any atom is -0.505 e. The van der Waals surface area contributed by atoms with Crippen molar-refractivity contribution in [1.29, 1.82) is 0 Å². The third-order valence-electron chi connectivity index (χ3n) is 2.64. The molecule has 0 aliphatic carbocycles. The van der Waals surface area contributed by atoms with Crippen molar-refractivity contribution in [1.82, 2.24) is 0 Å². The average Bonchev–Trinajstić information content (AvgIpc) is 2.39. The van der Waals surface area contributed by atoms with E-state index in [0.29, 0.717) is 15.7 Å². The molecule has 0 aliphatic heterocycles. The number of rotatable bonds is 3. The van der Waals surface area contributed by atoms with Crippen molar-refractivity contribution in [3.8, 4) is 5.75 Å². The van der Waals surface area contributed by atoms with Crippen molar-refractivity contribution < 1.29 is 19.8 Å². The Hall–Kier alpha value is -2.44. The van der Waals surface area contributed by atoms with Crippen molar-refractivity contribution in [2.45, 2.75) is 0 Å². The molecular weight excluding hydrogens is 331 g/mol. The van der Waals surface area contributed by atoms with Gasteiger partial charge >= 0.3 is 12.0 Å². The topological polar surface area (TPSA) is 98.7 Å². The molecule has 2 aromatic rings. The molecule has 0 atom stereocenters. The predicted octanol–water partition coefficient (Wildman–Crippen LogP) is 4.04. The van der Waals surface area contributed by atoms with Gasteiger partial charge in [-0.25, -0.2) is 9.59 Å². The first-order valence-electron chi connectivity index (χ1n) is 5.96. The van der Waals surface area contributed by atoms with Crippen LogP contribution in [0.1, 0.15) is 10.4 Å². The van der Waals surface area contributed by atoms with Crippen molar-refractivity contribution in [2.75, 3.05) is 10.6 Å². The number of aromatic hydroxyl groups is 1. The van der Waals surface area contributed by atoms with E-state index >= 15 is 0 Å². The van der Waals surface area contributed by atoms with Crippen LogP contribution in [0.2, 0.25) is 10.0 Å². The standard InChI is InChI=1S/C14H10Cl2N2O4/c15-7-4-8(16)6-9(5-7)17-14(22)18-11-3-1-2-10(12(11)19)13(20)21/h1-6,19H,(H,20,21)(H2,17,18,22).